The summed E-state index contributed by atoms with van der Waals surface area (Å²) >= 11 is 0. The normalized spacial score (nSPS) is 13.8. The lowest BCUT2D eigenvalue weighted by atomic mass is 10.1. The van der Waals surface area contributed by atoms with Crippen molar-refractivity contribution in [1.29, 1.82) is 5.26 Å². The quantitative estimate of drug-likeness (QED) is 0.843. The average Bonchev–Trinajstić information content (AvgIpc) is 2.58. The number of ether oxygens (including phenoxy) is 2. The number of carbonyl (C=O) groups excluding carboxylic acids is 1. The van der Waals surface area contributed by atoms with Crippen LogP contribution in [-0.2, 0) is 0 Å². The van der Waals surface area contributed by atoms with Crippen molar-refractivity contribution in [2.45, 2.75) is 13.0 Å². The van der Waals surface area contributed by atoms with Crippen LogP contribution in [-0.4, -0.2) is 41.6 Å². The second-order valence-electron chi connectivity index (χ2n) is 5.38. The Bertz CT molecular complexity index is 762. The highest BCUT2D eigenvalue weighted by Crippen LogP contribution is 2.24. The average molecular weight is 323 g/mol. The highest BCUT2D eigenvalue weighted by atomic mass is 16.5. The van der Waals surface area contributed by atoms with Crippen LogP contribution < -0.4 is 9.47 Å². The highest BCUT2D eigenvalue weighted by Gasteiger charge is 2.34. The molecule has 6 nitrogen and oxygen atoms in total. The van der Waals surface area contributed by atoms with Crippen LogP contribution in [0, 0.1) is 11.3 Å². The largest absolute Gasteiger partial charge is 0.493 e. The summed E-state index contributed by atoms with van der Waals surface area (Å²) in [5.74, 6) is 0.996. The van der Waals surface area contributed by atoms with E-state index < -0.39 is 0 Å². The number of likely N-dealkylation sites (tertiary alicyclic amines) is 1. The van der Waals surface area contributed by atoms with E-state index in [1.165, 1.54) is 6.20 Å². The third-order valence-electron chi connectivity index (χ3n) is 3.71. The first-order chi connectivity index (χ1) is 11.7. The van der Waals surface area contributed by atoms with Crippen molar-refractivity contribution in [2.24, 2.45) is 0 Å². The van der Waals surface area contributed by atoms with E-state index in [0.29, 0.717) is 42.5 Å². The van der Waals surface area contributed by atoms with Gasteiger partial charge in [0.05, 0.1) is 30.8 Å². The Kier molecular flexibility index (Phi) is 4.62. The lowest BCUT2D eigenvalue weighted by molar-refractivity contribution is 0.0157. The summed E-state index contributed by atoms with van der Waals surface area (Å²) in [7, 11) is 0. The van der Waals surface area contributed by atoms with Crippen LogP contribution in [0.1, 0.15) is 22.8 Å². The Balaban J connectivity index is 1.58. The van der Waals surface area contributed by atoms with Crippen molar-refractivity contribution in [3.8, 4) is 17.7 Å². The maximum atomic E-state index is 12.5. The Morgan fingerprint density at radius 1 is 1.33 bits per heavy atom. The van der Waals surface area contributed by atoms with E-state index in [9.17, 15) is 4.79 Å². The first-order valence-corrected chi connectivity index (χ1v) is 7.75. The van der Waals surface area contributed by atoms with Gasteiger partial charge in [0.1, 0.15) is 17.9 Å². The van der Waals surface area contributed by atoms with E-state index in [1.807, 2.05) is 25.1 Å². The summed E-state index contributed by atoms with van der Waals surface area (Å²) in [6.07, 6.45) is 1.38. The van der Waals surface area contributed by atoms with Gasteiger partial charge in [0.15, 0.2) is 0 Å². The maximum absolute atomic E-state index is 12.5. The second-order valence-corrected chi connectivity index (χ2v) is 5.38. The SMILES string of the molecule is CCOc1ccccc1C(=O)N1CC(Oc2ccc(C#N)cn2)C1. The molecule has 0 spiro atoms. The van der Waals surface area contributed by atoms with Gasteiger partial charge in [0.2, 0.25) is 5.88 Å². The fourth-order valence-corrected chi connectivity index (χ4v) is 2.46. The molecule has 1 aliphatic rings. The number of pyridine rings is 1. The fraction of sp³-hybridized carbons (Fsp3) is 0.278. The van der Waals surface area contributed by atoms with Gasteiger partial charge in [-0.25, -0.2) is 4.98 Å². The molecule has 1 aromatic heterocycles. The van der Waals surface area contributed by atoms with Crippen LogP contribution in [0.4, 0.5) is 0 Å². The molecular weight excluding hydrogens is 306 g/mol. The molecule has 1 fully saturated rings. The van der Waals surface area contributed by atoms with Gasteiger partial charge in [-0.15, -0.1) is 0 Å². The summed E-state index contributed by atoms with van der Waals surface area (Å²) in [4.78, 5) is 18.3. The summed E-state index contributed by atoms with van der Waals surface area (Å²) in [5.41, 5.74) is 1.05. The summed E-state index contributed by atoms with van der Waals surface area (Å²) in [6, 6.07) is 12.6. The minimum absolute atomic E-state index is 0.0633. The number of hydrogen-bond donors (Lipinski definition) is 0. The molecular formula is C18H17N3O3. The summed E-state index contributed by atoms with van der Waals surface area (Å²) in [6.45, 7) is 3.40. The van der Waals surface area contributed by atoms with E-state index in [4.69, 9.17) is 14.7 Å². The molecule has 1 aromatic carbocycles. The molecule has 1 amide bonds. The van der Waals surface area contributed by atoms with Crippen molar-refractivity contribution in [3.63, 3.8) is 0 Å². The van der Waals surface area contributed by atoms with Crippen molar-refractivity contribution >= 4 is 5.91 Å². The zero-order valence-corrected chi connectivity index (χ0v) is 13.3. The molecule has 6 heteroatoms. The molecule has 122 valence electrons. The molecule has 0 aliphatic carbocycles. The molecule has 0 unspecified atom stereocenters. The molecule has 2 aromatic rings. The predicted molar refractivity (Wildman–Crippen MR) is 86.9 cm³/mol. The lowest BCUT2D eigenvalue weighted by Crippen LogP contribution is -2.56. The molecule has 0 atom stereocenters. The Morgan fingerprint density at radius 2 is 2.12 bits per heavy atom. The number of carbonyl (C=O) groups is 1. The first-order valence-electron chi connectivity index (χ1n) is 7.75. The van der Waals surface area contributed by atoms with E-state index >= 15 is 0 Å². The van der Waals surface area contributed by atoms with Crippen molar-refractivity contribution in [3.05, 3.63) is 53.7 Å². The molecule has 3 rings (SSSR count). The molecule has 24 heavy (non-hydrogen) atoms. The van der Waals surface area contributed by atoms with E-state index in [2.05, 4.69) is 4.98 Å². The molecule has 0 N–H and O–H groups in total. The third kappa shape index (κ3) is 3.30. The topological polar surface area (TPSA) is 75.4 Å². The van der Waals surface area contributed by atoms with Gasteiger partial charge >= 0.3 is 0 Å². The second kappa shape index (κ2) is 7.01. The van der Waals surface area contributed by atoms with Gasteiger partial charge in [-0.3, -0.25) is 4.79 Å². The first kappa shape index (κ1) is 15.8. The van der Waals surface area contributed by atoms with Crippen LogP contribution in [0.5, 0.6) is 11.6 Å². The number of aromatic nitrogens is 1. The van der Waals surface area contributed by atoms with Crippen molar-refractivity contribution < 1.29 is 14.3 Å². The molecule has 0 radical (unpaired) electrons. The number of benzene rings is 1. The number of nitrogens with zero attached hydrogens (tertiary/aromatic N) is 3. The lowest BCUT2D eigenvalue weighted by Gasteiger charge is -2.38. The Morgan fingerprint density at radius 3 is 2.79 bits per heavy atom. The number of hydrogen-bond acceptors (Lipinski definition) is 5. The highest BCUT2D eigenvalue weighted by molar-refractivity contribution is 5.97. The summed E-state index contributed by atoms with van der Waals surface area (Å²) in [5, 5.41) is 8.75. The zero-order valence-electron chi connectivity index (χ0n) is 13.3. The molecule has 2 heterocycles. The van der Waals surface area contributed by atoms with Crippen molar-refractivity contribution in [1.82, 2.24) is 9.88 Å². The Labute approximate surface area is 140 Å². The maximum Gasteiger partial charge on any atom is 0.257 e. The van der Waals surface area contributed by atoms with Crippen LogP contribution >= 0.6 is 0 Å². The standard InChI is InChI=1S/C18H17N3O3/c1-2-23-16-6-4-3-5-15(16)18(22)21-11-14(12-21)24-17-8-7-13(9-19)10-20-17/h3-8,10,14H,2,11-12H2,1H3. The molecule has 1 saturated heterocycles. The zero-order chi connectivity index (χ0) is 16.9. The van der Waals surface area contributed by atoms with E-state index in [-0.39, 0.29) is 12.0 Å². The van der Waals surface area contributed by atoms with Crippen LogP contribution in [0.3, 0.4) is 0 Å². The minimum atomic E-state index is -0.0892. The minimum Gasteiger partial charge on any atom is -0.493 e. The monoisotopic (exact) mass is 323 g/mol. The molecule has 0 saturated carbocycles. The smallest absolute Gasteiger partial charge is 0.257 e. The predicted octanol–water partition coefficient (Wildman–Crippen LogP) is 2.26. The number of para-hydroxylation sites is 1. The van der Waals surface area contributed by atoms with Gasteiger partial charge in [-0.05, 0) is 25.1 Å². The number of nitriles is 1. The third-order valence-corrected chi connectivity index (χ3v) is 3.71. The van der Waals surface area contributed by atoms with Gasteiger partial charge in [0, 0.05) is 12.3 Å². The van der Waals surface area contributed by atoms with Crippen LogP contribution in [0.15, 0.2) is 42.6 Å². The number of amides is 1. The Hall–Kier alpha value is -3.07. The van der Waals surface area contributed by atoms with Crippen LogP contribution in [0.2, 0.25) is 0 Å². The van der Waals surface area contributed by atoms with Gasteiger partial charge in [0.25, 0.3) is 5.91 Å². The van der Waals surface area contributed by atoms with Gasteiger partial charge < -0.3 is 14.4 Å². The van der Waals surface area contributed by atoms with Gasteiger partial charge in [-0.2, -0.15) is 5.26 Å². The molecule has 1 aliphatic heterocycles. The number of rotatable bonds is 5. The van der Waals surface area contributed by atoms with E-state index in [0.717, 1.165) is 0 Å². The van der Waals surface area contributed by atoms with Crippen molar-refractivity contribution in [2.75, 3.05) is 19.7 Å². The fourth-order valence-electron chi connectivity index (χ4n) is 2.46. The summed E-state index contributed by atoms with van der Waals surface area (Å²) < 4.78 is 11.2. The molecule has 0 bridgehead atoms. The van der Waals surface area contributed by atoms with E-state index in [1.54, 1.807) is 29.2 Å². The van der Waals surface area contributed by atoms with Gasteiger partial charge in [-0.1, -0.05) is 12.1 Å². The van der Waals surface area contributed by atoms with Crippen LogP contribution in [0.25, 0.3) is 0 Å².